The van der Waals surface area contributed by atoms with Crippen molar-refractivity contribution in [3.8, 4) is 0 Å². The van der Waals surface area contributed by atoms with Crippen molar-refractivity contribution >= 4 is 16.7 Å². The first-order chi connectivity index (χ1) is 14.0. The third-order valence-corrected chi connectivity index (χ3v) is 9.47. The van der Waals surface area contributed by atoms with Gasteiger partial charge in [-0.25, -0.2) is 4.68 Å². The molecule has 29 heavy (non-hydrogen) atoms. The van der Waals surface area contributed by atoms with E-state index in [-0.39, 0.29) is 5.41 Å². The van der Waals surface area contributed by atoms with Gasteiger partial charge >= 0.3 is 0 Å². The Morgan fingerprint density at radius 1 is 0.966 bits per heavy atom. The molecule has 0 bridgehead atoms. The number of aromatic nitrogens is 3. The maximum Gasteiger partial charge on any atom is 0.113 e. The Balaban J connectivity index is 1.36. The number of rotatable bonds is 1. The molecule has 6 rings (SSSR count). The molecule has 0 spiro atoms. The van der Waals surface area contributed by atoms with Crippen molar-refractivity contribution in [2.45, 2.75) is 65.7 Å². The molecular formula is C26H33N3. The lowest BCUT2D eigenvalue weighted by atomic mass is 9.47. The van der Waals surface area contributed by atoms with Crippen LogP contribution in [0.2, 0.25) is 0 Å². The molecule has 0 saturated heterocycles. The molecule has 2 saturated carbocycles. The minimum absolute atomic E-state index is 0.224. The zero-order valence-corrected chi connectivity index (χ0v) is 18.1. The summed E-state index contributed by atoms with van der Waals surface area (Å²) in [6.07, 6.45) is 14.5. The largest absolute Gasteiger partial charge is 0.217 e. The highest BCUT2D eigenvalue weighted by molar-refractivity contribution is 5.79. The number of para-hydroxylation sites is 1. The Hall–Kier alpha value is -1.90. The smallest absolute Gasteiger partial charge is 0.113 e. The van der Waals surface area contributed by atoms with E-state index < -0.39 is 0 Å². The molecule has 0 aliphatic heterocycles. The molecule has 1 heterocycles. The van der Waals surface area contributed by atoms with Crippen LogP contribution in [0.25, 0.3) is 16.7 Å². The molecule has 3 heteroatoms. The Morgan fingerprint density at radius 3 is 2.69 bits per heavy atom. The first-order valence-corrected chi connectivity index (χ1v) is 11.7. The molecule has 1 aromatic carbocycles. The van der Waals surface area contributed by atoms with Gasteiger partial charge in [0.1, 0.15) is 5.52 Å². The van der Waals surface area contributed by atoms with Gasteiger partial charge in [0.15, 0.2) is 0 Å². The van der Waals surface area contributed by atoms with Crippen molar-refractivity contribution in [2.24, 2.45) is 34.5 Å². The normalized spacial score (nSPS) is 41.3. The van der Waals surface area contributed by atoms with Crippen LogP contribution in [-0.2, 0) is 0 Å². The zero-order valence-electron chi connectivity index (χ0n) is 18.1. The van der Waals surface area contributed by atoms with Crippen molar-refractivity contribution in [2.75, 3.05) is 0 Å². The fourth-order valence-electron chi connectivity index (χ4n) is 7.76. The van der Waals surface area contributed by atoms with Gasteiger partial charge in [-0.1, -0.05) is 55.8 Å². The Morgan fingerprint density at radius 2 is 1.79 bits per heavy atom. The lowest BCUT2D eigenvalue weighted by molar-refractivity contribution is -0.0153. The molecule has 4 aliphatic rings. The predicted octanol–water partition coefficient (Wildman–Crippen LogP) is 6.48. The molecular weight excluding hydrogens is 354 g/mol. The minimum Gasteiger partial charge on any atom is -0.217 e. The molecule has 0 amide bonds. The second kappa shape index (κ2) is 6.06. The van der Waals surface area contributed by atoms with Crippen molar-refractivity contribution < 1.29 is 0 Å². The third kappa shape index (κ3) is 2.36. The molecule has 3 nitrogen and oxygen atoms in total. The van der Waals surface area contributed by atoms with Crippen molar-refractivity contribution in [3.05, 3.63) is 42.0 Å². The van der Waals surface area contributed by atoms with Gasteiger partial charge in [-0.15, -0.1) is 5.10 Å². The molecule has 6 atom stereocenters. The number of hydrogen-bond acceptors (Lipinski definition) is 2. The first kappa shape index (κ1) is 17.9. The van der Waals surface area contributed by atoms with Crippen LogP contribution in [0.15, 0.2) is 42.0 Å². The van der Waals surface area contributed by atoms with E-state index in [0.29, 0.717) is 5.41 Å². The zero-order chi connectivity index (χ0) is 19.8. The SMILES string of the molecule is CC1CCC2(C)C(=CCC3C2CCC2(C)C(n4nnc5ccccc54)=CCC32)C1. The highest BCUT2D eigenvalue weighted by Gasteiger charge is 2.57. The number of fused-ring (bicyclic) bond motifs is 6. The highest BCUT2D eigenvalue weighted by atomic mass is 15.4. The van der Waals surface area contributed by atoms with Crippen molar-refractivity contribution in [3.63, 3.8) is 0 Å². The van der Waals surface area contributed by atoms with Gasteiger partial charge in [0.25, 0.3) is 0 Å². The monoisotopic (exact) mass is 387 g/mol. The summed E-state index contributed by atoms with van der Waals surface area (Å²) in [6, 6.07) is 8.40. The van der Waals surface area contributed by atoms with Crippen LogP contribution in [0.4, 0.5) is 0 Å². The highest BCUT2D eigenvalue weighted by Crippen LogP contribution is 2.65. The summed E-state index contributed by atoms with van der Waals surface area (Å²) in [7, 11) is 0. The average molecular weight is 388 g/mol. The van der Waals surface area contributed by atoms with Gasteiger partial charge in [0.05, 0.1) is 5.52 Å². The summed E-state index contributed by atoms with van der Waals surface area (Å²) in [5, 5.41) is 9.04. The van der Waals surface area contributed by atoms with Crippen LogP contribution >= 0.6 is 0 Å². The molecule has 4 aliphatic carbocycles. The molecule has 6 unspecified atom stereocenters. The minimum atomic E-state index is 0.224. The topological polar surface area (TPSA) is 30.7 Å². The van der Waals surface area contributed by atoms with E-state index in [1.165, 1.54) is 50.6 Å². The fourth-order valence-corrected chi connectivity index (χ4v) is 7.76. The summed E-state index contributed by atoms with van der Waals surface area (Å²) >= 11 is 0. The summed E-state index contributed by atoms with van der Waals surface area (Å²) in [6.45, 7) is 7.58. The standard InChI is InChI=1S/C26H33N3/c1-17-12-14-25(2)18(16-17)8-9-19-20-10-11-24(26(20,3)15-13-21(19)25)29-23-7-5-4-6-22(23)27-28-29/h4-8,11,17,19-21H,9-10,12-16H2,1-3H3. The van der Waals surface area contributed by atoms with Crippen LogP contribution in [0.3, 0.4) is 0 Å². The van der Waals surface area contributed by atoms with E-state index in [1.54, 1.807) is 5.57 Å². The predicted molar refractivity (Wildman–Crippen MR) is 118 cm³/mol. The molecule has 2 aromatic rings. The summed E-state index contributed by atoms with van der Waals surface area (Å²) in [5.41, 5.74) is 6.05. The van der Waals surface area contributed by atoms with Crippen molar-refractivity contribution in [1.82, 2.24) is 15.0 Å². The average Bonchev–Trinajstić information content (AvgIpc) is 3.29. The Labute approximate surface area is 174 Å². The van der Waals surface area contributed by atoms with Gasteiger partial charge in [-0.2, -0.15) is 0 Å². The van der Waals surface area contributed by atoms with Gasteiger partial charge in [0, 0.05) is 11.1 Å². The summed E-state index contributed by atoms with van der Waals surface area (Å²) in [4.78, 5) is 0. The fraction of sp³-hybridized carbons (Fsp3) is 0.615. The second-order valence-corrected chi connectivity index (χ2v) is 10.9. The van der Waals surface area contributed by atoms with Crippen LogP contribution in [0.1, 0.15) is 65.7 Å². The number of allylic oxidation sites excluding steroid dienone is 4. The Bertz CT molecular complexity index is 1030. The molecule has 152 valence electrons. The Kier molecular flexibility index (Phi) is 3.74. The van der Waals surface area contributed by atoms with E-state index in [4.69, 9.17) is 0 Å². The van der Waals surface area contributed by atoms with E-state index in [1.807, 2.05) is 0 Å². The third-order valence-electron chi connectivity index (χ3n) is 9.47. The summed E-state index contributed by atoms with van der Waals surface area (Å²) in [5.74, 6) is 3.31. The number of hydrogen-bond donors (Lipinski definition) is 0. The molecule has 1 aromatic heterocycles. The second-order valence-electron chi connectivity index (χ2n) is 10.9. The van der Waals surface area contributed by atoms with Crippen LogP contribution < -0.4 is 0 Å². The summed E-state index contributed by atoms with van der Waals surface area (Å²) < 4.78 is 2.16. The van der Waals surface area contributed by atoms with E-state index in [0.717, 1.165) is 34.7 Å². The van der Waals surface area contributed by atoms with Crippen LogP contribution in [-0.4, -0.2) is 15.0 Å². The molecule has 0 radical (unpaired) electrons. The van der Waals surface area contributed by atoms with Crippen molar-refractivity contribution in [1.29, 1.82) is 0 Å². The van der Waals surface area contributed by atoms with E-state index >= 15 is 0 Å². The molecule has 0 N–H and O–H groups in total. The van der Waals surface area contributed by atoms with Gasteiger partial charge < -0.3 is 0 Å². The van der Waals surface area contributed by atoms with Crippen LogP contribution in [0, 0.1) is 34.5 Å². The van der Waals surface area contributed by atoms with Gasteiger partial charge in [0.2, 0.25) is 0 Å². The van der Waals surface area contributed by atoms with E-state index in [2.05, 4.69) is 72.2 Å². The maximum atomic E-state index is 4.59. The lowest BCUT2D eigenvalue weighted by Gasteiger charge is -2.57. The maximum absolute atomic E-state index is 4.59. The molecule has 2 fully saturated rings. The number of nitrogens with zero attached hydrogens (tertiary/aromatic N) is 3. The lowest BCUT2D eigenvalue weighted by Crippen LogP contribution is -2.49. The van der Waals surface area contributed by atoms with E-state index in [9.17, 15) is 0 Å². The van der Waals surface area contributed by atoms with Gasteiger partial charge in [-0.3, -0.25) is 0 Å². The van der Waals surface area contributed by atoms with Gasteiger partial charge in [-0.05, 0) is 86.2 Å². The number of benzene rings is 1. The van der Waals surface area contributed by atoms with Crippen LogP contribution in [0.5, 0.6) is 0 Å². The first-order valence-electron chi connectivity index (χ1n) is 11.7. The quantitative estimate of drug-likeness (QED) is 0.524.